The van der Waals surface area contributed by atoms with Gasteiger partial charge in [-0.2, -0.15) is 0 Å². The standard InChI is InChI=1S/C20H21FN2O3/c1-2-26-20(25)22-16-8-5-7-14(12-16)19(24)23(17-10-11-17)13-15-6-3-4-9-18(15)21/h3-9,12,17H,2,10-11,13H2,1H3,(H,22,25). The van der Waals surface area contributed by atoms with Crippen molar-refractivity contribution in [2.24, 2.45) is 0 Å². The number of nitrogens with one attached hydrogen (secondary N) is 1. The fraction of sp³-hybridized carbons (Fsp3) is 0.300. The Kier molecular flexibility index (Phi) is 5.51. The van der Waals surface area contributed by atoms with E-state index in [2.05, 4.69) is 5.32 Å². The lowest BCUT2D eigenvalue weighted by Gasteiger charge is -2.23. The van der Waals surface area contributed by atoms with Gasteiger partial charge < -0.3 is 9.64 Å². The first-order valence-corrected chi connectivity index (χ1v) is 8.66. The Morgan fingerprint density at radius 3 is 2.65 bits per heavy atom. The molecule has 0 saturated heterocycles. The summed E-state index contributed by atoms with van der Waals surface area (Å²) in [6.45, 7) is 2.21. The van der Waals surface area contributed by atoms with Gasteiger partial charge in [-0.15, -0.1) is 0 Å². The molecule has 2 aromatic rings. The first-order chi connectivity index (χ1) is 12.6. The second kappa shape index (κ2) is 7.99. The van der Waals surface area contributed by atoms with Crippen LogP contribution in [-0.4, -0.2) is 29.5 Å². The van der Waals surface area contributed by atoms with Crippen molar-refractivity contribution < 1.29 is 18.7 Å². The molecule has 0 radical (unpaired) electrons. The van der Waals surface area contributed by atoms with E-state index in [1.165, 1.54) is 6.07 Å². The molecule has 0 heterocycles. The van der Waals surface area contributed by atoms with Gasteiger partial charge in [0.2, 0.25) is 0 Å². The van der Waals surface area contributed by atoms with Crippen molar-refractivity contribution in [2.45, 2.75) is 32.4 Å². The lowest BCUT2D eigenvalue weighted by atomic mass is 10.1. The number of halogens is 1. The molecular weight excluding hydrogens is 335 g/mol. The molecule has 2 aromatic carbocycles. The third kappa shape index (κ3) is 4.39. The van der Waals surface area contributed by atoms with Gasteiger partial charge in [0.15, 0.2) is 0 Å². The molecule has 3 rings (SSSR count). The Labute approximate surface area is 151 Å². The predicted octanol–water partition coefficient (Wildman–Crippen LogP) is 4.20. The third-order valence-electron chi connectivity index (χ3n) is 4.18. The molecule has 1 saturated carbocycles. The number of rotatable bonds is 6. The smallest absolute Gasteiger partial charge is 0.411 e. The van der Waals surface area contributed by atoms with Crippen LogP contribution in [0.25, 0.3) is 0 Å². The van der Waals surface area contributed by atoms with Gasteiger partial charge in [-0.1, -0.05) is 24.3 Å². The highest BCUT2D eigenvalue weighted by molar-refractivity contribution is 5.96. The van der Waals surface area contributed by atoms with Crippen molar-refractivity contribution in [3.05, 3.63) is 65.5 Å². The summed E-state index contributed by atoms with van der Waals surface area (Å²) in [5.74, 6) is -0.494. The van der Waals surface area contributed by atoms with Crippen LogP contribution in [0.4, 0.5) is 14.9 Å². The van der Waals surface area contributed by atoms with Crippen molar-refractivity contribution in [1.82, 2.24) is 4.90 Å². The highest BCUT2D eigenvalue weighted by atomic mass is 19.1. The summed E-state index contributed by atoms with van der Waals surface area (Å²) in [5, 5.41) is 2.59. The van der Waals surface area contributed by atoms with E-state index in [1.54, 1.807) is 54.3 Å². The van der Waals surface area contributed by atoms with Crippen LogP contribution in [0.15, 0.2) is 48.5 Å². The van der Waals surface area contributed by atoms with Gasteiger partial charge in [0.05, 0.1) is 6.61 Å². The largest absolute Gasteiger partial charge is 0.450 e. The van der Waals surface area contributed by atoms with Gasteiger partial charge in [-0.3, -0.25) is 10.1 Å². The topological polar surface area (TPSA) is 58.6 Å². The van der Waals surface area contributed by atoms with E-state index in [4.69, 9.17) is 4.74 Å². The third-order valence-corrected chi connectivity index (χ3v) is 4.18. The van der Waals surface area contributed by atoms with Gasteiger partial charge in [0.25, 0.3) is 5.91 Å². The summed E-state index contributed by atoms with van der Waals surface area (Å²) in [6, 6.07) is 13.3. The molecule has 6 heteroatoms. The minimum absolute atomic E-state index is 0.128. The van der Waals surface area contributed by atoms with Gasteiger partial charge >= 0.3 is 6.09 Å². The lowest BCUT2D eigenvalue weighted by molar-refractivity contribution is 0.0728. The van der Waals surface area contributed by atoms with Crippen molar-refractivity contribution in [3.8, 4) is 0 Å². The number of carbonyl (C=O) groups excluding carboxylic acids is 2. The fourth-order valence-electron chi connectivity index (χ4n) is 2.74. The van der Waals surface area contributed by atoms with Gasteiger partial charge in [-0.25, -0.2) is 9.18 Å². The van der Waals surface area contributed by atoms with E-state index in [1.807, 2.05) is 0 Å². The van der Waals surface area contributed by atoms with Crippen molar-refractivity contribution in [1.29, 1.82) is 0 Å². The molecule has 0 spiro atoms. The van der Waals surface area contributed by atoms with Gasteiger partial charge in [-0.05, 0) is 44.0 Å². The summed E-state index contributed by atoms with van der Waals surface area (Å²) >= 11 is 0. The van der Waals surface area contributed by atoms with Crippen molar-refractivity contribution in [2.75, 3.05) is 11.9 Å². The number of hydrogen-bond acceptors (Lipinski definition) is 3. The minimum atomic E-state index is -0.567. The quantitative estimate of drug-likeness (QED) is 0.844. The molecule has 5 nitrogen and oxygen atoms in total. The molecule has 0 aliphatic heterocycles. The average Bonchev–Trinajstić information content (AvgIpc) is 3.46. The highest BCUT2D eigenvalue weighted by Crippen LogP contribution is 2.30. The van der Waals surface area contributed by atoms with E-state index < -0.39 is 6.09 Å². The molecule has 0 atom stereocenters. The molecule has 26 heavy (non-hydrogen) atoms. The molecule has 0 aromatic heterocycles. The SMILES string of the molecule is CCOC(=O)Nc1cccc(C(=O)N(Cc2ccccc2F)C2CC2)c1. The molecular formula is C20H21FN2O3. The fourth-order valence-corrected chi connectivity index (χ4v) is 2.74. The molecule has 0 bridgehead atoms. The van der Waals surface area contributed by atoms with Crippen LogP contribution < -0.4 is 5.32 Å². The molecule has 2 amide bonds. The van der Waals surface area contributed by atoms with Crippen LogP contribution >= 0.6 is 0 Å². The second-order valence-corrected chi connectivity index (χ2v) is 6.18. The Morgan fingerprint density at radius 1 is 1.19 bits per heavy atom. The maximum Gasteiger partial charge on any atom is 0.411 e. The number of benzene rings is 2. The normalized spacial score (nSPS) is 13.2. The van der Waals surface area contributed by atoms with Crippen LogP contribution in [0.2, 0.25) is 0 Å². The van der Waals surface area contributed by atoms with Crippen LogP contribution in [0.1, 0.15) is 35.7 Å². The molecule has 1 aliphatic carbocycles. The van der Waals surface area contributed by atoms with E-state index in [0.717, 1.165) is 12.8 Å². The van der Waals surface area contributed by atoms with Crippen molar-refractivity contribution in [3.63, 3.8) is 0 Å². The van der Waals surface area contributed by atoms with Crippen LogP contribution in [0.3, 0.4) is 0 Å². The molecule has 1 aliphatic rings. The molecule has 1 N–H and O–H groups in total. The zero-order chi connectivity index (χ0) is 18.5. The van der Waals surface area contributed by atoms with E-state index in [-0.39, 0.29) is 30.9 Å². The Balaban J connectivity index is 1.77. The highest BCUT2D eigenvalue weighted by Gasteiger charge is 2.33. The van der Waals surface area contributed by atoms with E-state index in [0.29, 0.717) is 16.8 Å². The zero-order valence-electron chi connectivity index (χ0n) is 14.6. The first kappa shape index (κ1) is 17.9. The van der Waals surface area contributed by atoms with E-state index >= 15 is 0 Å². The van der Waals surface area contributed by atoms with Crippen LogP contribution in [0, 0.1) is 5.82 Å². The molecule has 136 valence electrons. The Hall–Kier alpha value is -2.89. The van der Waals surface area contributed by atoms with Crippen LogP contribution in [0.5, 0.6) is 0 Å². The molecule has 1 fully saturated rings. The monoisotopic (exact) mass is 356 g/mol. The lowest BCUT2D eigenvalue weighted by Crippen LogP contribution is -2.33. The number of carbonyl (C=O) groups is 2. The number of anilines is 1. The number of hydrogen-bond donors (Lipinski definition) is 1. The number of ether oxygens (including phenoxy) is 1. The van der Waals surface area contributed by atoms with E-state index in [9.17, 15) is 14.0 Å². The summed E-state index contributed by atoms with van der Waals surface area (Å²) in [5.41, 5.74) is 1.42. The second-order valence-electron chi connectivity index (χ2n) is 6.18. The van der Waals surface area contributed by atoms with Crippen molar-refractivity contribution >= 4 is 17.7 Å². The maximum absolute atomic E-state index is 14.0. The predicted molar refractivity (Wildman–Crippen MR) is 96.4 cm³/mol. The summed E-state index contributed by atoms with van der Waals surface area (Å²) in [6.07, 6.45) is 1.27. The summed E-state index contributed by atoms with van der Waals surface area (Å²) in [4.78, 5) is 26.2. The first-order valence-electron chi connectivity index (χ1n) is 8.66. The van der Waals surface area contributed by atoms with Gasteiger partial charge in [0, 0.05) is 29.4 Å². The minimum Gasteiger partial charge on any atom is -0.450 e. The number of amides is 2. The number of nitrogens with zero attached hydrogens (tertiary/aromatic N) is 1. The zero-order valence-corrected chi connectivity index (χ0v) is 14.6. The summed E-state index contributed by atoms with van der Waals surface area (Å²) < 4.78 is 18.8. The Morgan fingerprint density at radius 2 is 1.96 bits per heavy atom. The van der Waals surface area contributed by atoms with Crippen LogP contribution in [-0.2, 0) is 11.3 Å². The summed E-state index contributed by atoms with van der Waals surface area (Å²) in [7, 11) is 0. The molecule has 0 unspecified atom stereocenters. The average molecular weight is 356 g/mol. The maximum atomic E-state index is 14.0. The van der Waals surface area contributed by atoms with Gasteiger partial charge in [0.1, 0.15) is 5.82 Å². The Bertz CT molecular complexity index is 805.